The number of carbonyl (C=O) groups is 1. The predicted molar refractivity (Wildman–Crippen MR) is 80.0 cm³/mol. The highest BCUT2D eigenvalue weighted by molar-refractivity contribution is 5.87. The van der Waals surface area contributed by atoms with Gasteiger partial charge in [0.25, 0.3) is 0 Å². The first-order chi connectivity index (χ1) is 10.0. The van der Waals surface area contributed by atoms with Crippen molar-refractivity contribution in [1.82, 2.24) is 9.88 Å². The lowest BCUT2D eigenvalue weighted by atomic mass is 9.90. The number of esters is 1. The number of likely N-dealkylation sites (N-methyl/N-ethyl adjacent to an activating group) is 1. The molecule has 0 aliphatic carbocycles. The number of hydrogen-bond acceptors (Lipinski definition) is 4. The molecular formula is C16H20N2O3. The molecule has 0 saturated carbocycles. The Hall–Kier alpha value is -1.85. The summed E-state index contributed by atoms with van der Waals surface area (Å²) in [5.74, 6) is -0.265. The number of methoxy groups -OCH3 is 1. The molecule has 5 nitrogen and oxygen atoms in total. The van der Waals surface area contributed by atoms with Crippen molar-refractivity contribution < 1.29 is 14.6 Å². The molecule has 0 saturated heterocycles. The number of fused-ring (bicyclic) bond motifs is 3. The molecule has 2 N–H and O–H groups in total. The number of carbonyl (C=O) groups excluding carboxylic acids is 1. The maximum absolute atomic E-state index is 12.1. The average Bonchev–Trinajstić information content (AvgIpc) is 2.83. The normalized spacial score (nSPS) is 23.8. The molecule has 0 bridgehead atoms. The van der Waals surface area contributed by atoms with Gasteiger partial charge < -0.3 is 14.8 Å². The van der Waals surface area contributed by atoms with E-state index in [1.165, 1.54) is 7.11 Å². The molecule has 0 spiro atoms. The number of aromatic nitrogens is 1. The Morgan fingerprint density at radius 2 is 2.19 bits per heavy atom. The highest BCUT2D eigenvalue weighted by atomic mass is 16.5. The number of aliphatic hydroxyl groups is 1. The lowest BCUT2D eigenvalue weighted by Crippen LogP contribution is -2.49. The second kappa shape index (κ2) is 5.16. The fraction of sp³-hybridized carbons (Fsp3) is 0.438. The third-order valence-corrected chi connectivity index (χ3v) is 4.40. The summed E-state index contributed by atoms with van der Waals surface area (Å²) < 4.78 is 4.92. The van der Waals surface area contributed by atoms with Gasteiger partial charge in [0, 0.05) is 23.0 Å². The first kappa shape index (κ1) is 14.1. The van der Waals surface area contributed by atoms with Gasteiger partial charge in [-0.05, 0) is 25.6 Å². The van der Waals surface area contributed by atoms with Crippen LogP contribution in [0.4, 0.5) is 0 Å². The smallest absolute Gasteiger partial charge is 0.323 e. The van der Waals surface area contributed by atoms with E-state index in [2.05, 4.69) is 4.98 Å². The fourth-order valence-electron chi connectivity index (χ4n) is 3.40. The van der Waals surface area contributed by atoms with Gasteiger partial charge in [0.1, 0.15) is 6.04 Å². The predicted octanol–water partition coefficient (Wildman–Crippen LogP) is 1.62. The van der Waals surface area contributed by atoms with Crippen LogP contribution in [0, 0.1) is 0 Å². The Balaban J connectivity index is 2.17. The summed E-state index contributed by atoms with van der Waals surface area (Å²) in [6.07, 6.45) is 0.000387. The van der Waals surface area contributed by atoms with E-state index in [1.54, 1.807) is 6.92 Å². The number of H-pyrrole nitrogens is 1. The van der Waals surface area contributed by atoms with Crippen molar-refractivity contribution in [3.05, 3.63) is 35.5 Å². The van der Waals surface area contributed by atoms with Crippen LogP contribution in [0.5, 0.6) is 0 Å². The van der Waals surface area contributed by atoms with Crippen LogP contribution in [0.3, 0.4) is 0 Å². The zero-order valence-electron chi connectivity index (χ0n) is 12.5. The third-order valence-electron chi connectivity index (χ3n) is 4.40. The van der Waals surface area contributed by atoms with Gasteiger partial charge in [0.2, 0.25) is 0 Å². The van der Waals surface area contributed by atoms with E-state index < -0.39 is 6.10 Å². The first-order valence-electron chi connectivity index (χ1n) is 7.12. The third kappa shape index (κ3) is 2.13. The van der Waals surface area contributed by atoms with Crippen LogP contribution in [0.25, 0.3) is 10.9 Å². The summed E-state index contributed by atoms with van der Waals surface area (Å²) in [6.45, 7) is 1.75. The van der Waals surface area contributed by atoms with Gasteiger partial charge >= 0.3 is 5.97 Å². The number of aliphatic hydroxyl groups excluding tert-OH is 1. The molecule has 0 unspecified atom stereocenters. The number of hydrogen-bond donors (Lipinski definition) is 2. The number of ether oxygens (including phenoxy) is 1. The van der Waals surface area contributed by atoms with Crippen LogP contribution in [0.1, 0.15) is 24.2 Å². The number of benzene rings is 1. The Bertz CT molecular complexity index is 677. The highest BCUT2D eigenvalue weighted by Gasteiger charge is 2.40. The number of rotatable bonds is 2. The summed E-state index contributed by atoms with van der Waals surface area (Å²) in [4.78, 5) is 17.4. The van der Waals surface area contributed by atoms with Crippen LogP contribution >= 0.6 is 0 Å². The van der Waals surface area contributed by atoms with Crippen LogP contribution in [0.15, 0.2) is 24.3 Å². The molecule has 0 fully saturated rings. The Morgan fingerprint density at radius 1 is 1.48 bits per heavy atom. The molecule has 112 valence electrons. The Labute approximate surface area is 123 Å². The minimum absolute atomic E-state index is 0.245. The Kier molecular flexibility index (Phi) is 3.47. The van der Waals surface area contributed by atoms with Crippen molar-refractivity contribution >= 4 is 16.9 Å². The van der Waals surface area contributed by atoms with E-state index in [9.17, 15) is 9.90 Å². The van der Waals surface area contributed by atoms with Crippen molar-refractivity contribution in [2.75, 3.05) is 14.2 Å². The van der Waals surface area contributed by atoms with E-state index in [0.29, 0.717) is 6.42 Å². The molecule has 3 atom stereocenters. The maximum Gasteiger partial charge on any atom is 0.323 e. The van der Waals surface area contributed by atoms with Crippen molar-refractivity contribution in [1.29, 1.82) is 0 Å². The minimum atomic E-state index is -0.589. The summed E-state index contributed by atoms with van der Waals surface area (Å²) in [7, 11) is 3.26. The summed E-state index contributed by atoms with van der Waals surface area (Å²) in [5, 5.41) is 11.3. The molecule has 2 aromatic rings. The SMILES string of the molecule is COC(=O)[C@@H]1Cc2c([nH]c3ccccc23)[C@@H]([C@@H](C)O)N1C. The summed E-state index contributed by atoms with van der Waals surface area (Å²) in [5.41, 5.74) is 3.13. The molecule has 5 heteroatoms. The molecule has 0 radical (unpaired) electrons. The van der Waals surface area contributed by atoms with E-state index in [-0.39, 0.29) is 18.1 Å². The van der Waals surface area contributed by atoms with Crippen LogP contribution in [0.2, 0.25) is 0 Å². The molecule has 1 aliphatic heterocycles. The quantitative estimate of drug-likeness (QED) is 0.824. The Morgan fingerprint density at radius 3 is 2.86 bits per heavy atom. The summed E-state index contributed by atoms with van der Waals surface area (Å²) in [6, 6.07) is 7.40. The molecular weight excluding hydrogens is 268 g/mol. The first-order valence-corrected chi connectivity index (χ1v) is 7.12. The van der Waals surface area contributed by atoms with Crippen molar-refractivity contribution in [3.8, 4) is 0 Å². The zero-order valence-corrected chi connectivity index (χ0v) is 12.5. The van der Waals surface area contributed by atoms with Crippen molar-refractivity contribution in [2.45, 2.75) is 31.5 Å². The highest BCUT2D eigenvalue weighted by Crippen LogP contribution is 2.38. The zero-order chi connectivity index (χ0) is 15.1. The lowest BCUT2D eigenvalue weighted by molar-refractivity contribution is -0.148. The number of nitrogens with one attached hydrogen (secondary N) is 1. The van der Waals surface area contributed by atoms with Crippen LogP contribution in [-0.4, -0.2) is 47.3 Å². The maximum atomic E-state index is 12.1. The minimum Gasteiger partial charge on any atom is -0.468 e. The fourth-order valence-corrected chi connectivity index (χ4v) is 3.40. The molecule has 1 aromatic heterocycles. The molecule has 2 heterocycles. The van der Waals surface area contributed by atoms with Gasteiger partial charge in [-0.1, -0.05) is 18.2 Å². The van der Waals surface area contributed by atoms with Crippen molar-refractivity contribution in [3.63, 3.8) is 0 Å². The topological polar surface area (TPSA) is 65.6 Å². The molecule has 1 aliphatic rings. The average molecular weight is 288 g/mol. The van der Waals surface area contributed by atoms with Crippen molar-refractivity contribution in [2.24, 2.45) is 0 Å². The molecule has 1 aromatic carbocycles. The monoisotopic (exact) mass is 288 g/mol. The standard InChI is InChI=1S/C16H20N2O3/c1-9(19)15-14-11(8-13(18(15)2)16(20)21-3)10-6-4-5-7-12(10)17-14/h4-7,9,13,15,17,19H,8H2,1-3H3/t9-,13+,15-/m1/s1. The number of aromatic amines is 1. The van der Waals surface area contributed by atoms with E-state index in [4.69, 9.17) is 4.74 Å². The van der Waals surface area contributed by atoms with E-state index in [0.717, 1.165) is 22.2 Å². The second-order valence-electron chi connectivity index (χ2n) is 5.66. The van der Waals surface area contributed by atoms with E-state index in [1.807, 2.05) is 36.2 Å². The number of nitrogens with zero attached hydrogens (tertiary/aromatic N) is 1. The van der Waals surface area contributed by atoms with Gasteiger partial charge in [0.05, 0.1) is 19.3 Å². The van der Waals surface area contributed by atoms with Gasteiger partial charge in [0.15, 0.2) is 0 Å². The molecule has 21 heavy (non-hydrogen) atoms. The number of para-hydroxylation sites is 1. The van der Waals surface area contributed by atoms with E-state index >= 15 is 0 Å². The molecule has 3 rings (SSSR count). The van der Waals surface area contributed by atoms with Gasteiger partial charge in [-0.15, -0.1) is 0 Å². The van der Waals surface area contributed by atoms with Crippen LogP contribution < -0.4 is 0 Å². The van der Waals surface area contributed by atoms with Crippen LogP contribution in [-0.2, 0) is 16.0 Å². The largest absolute Gasteiger partial charge is 0.468 e. The molecule has 0 amide bonds. The van der Waals surface area contributed by atoms with Gasteiger partial charge in [-0.25, -0.2) is 0 Å². The second-order valence-corrected chi connectivity index (χ2v) is 5.66. The van der Waals surface area contributed by atoms with Gasteiger partial charge in [-0.2, -0.15) is 0 Å². The summed E-state index contributed by atoms with van der Waals surface area (Å²) >= 11 is 0. The van der Waals surface area contributed by atoms with Gasteiger partial charge in [-0.3, -0.25) is 9.69 Å². The lowest BCUT2D eigenvalue weighted by Gasteiger charge is -2.39.